The zero-order valence-electron chi connectivity index (χ0n) is 14.3. The molecule has 2 N–H and O–H groups in total. The molecule has 1 aliphatic rings. The van der Waals surface area contributed by atoms with Crippen molar-refractivity contribution >= 4 is 5.91 Å². The molecule has 1 saturated heterocycles. The van der Waals surface area contributed by atoms with E-state index in [1.54, 1.807) is 24.3 Å². The predicted octanol–water partition coefficient (Wildman–Crippen LogP) is 3.21. The zero-order chi connectivity index (χ0) is 17.8. The fourth-order valence-corrected chi connectivity index (χ4v) is 3.26. The van der Waals surface area contributed by atoms with E-state index in [0.29, 0.717) is 30.3 Å². The van der Waals surface area contributed by atoms with Crippen LogP contribution in [0.2, 0.25) is 0 Å². The van der Waals surface area contributed by atoms with Crippen molar-refractivity contribution in [3.8, 4) is 5.75 Å². The van der Waals surface area contributed by atoms with Crippen LogP contribution >= 0.6 is 0 Å². The van der Waals surface area contributed by atoms with Gasteiger partial charge in [0.1, 0.15) is 18.2 Å². The first-order valence-electron chi connectivity index (χ1n) is 8.55. The number of hydrogen-bond donors (Lipinski definition) is 1. The molecule has 2 atom stereocenters. The quantitative estimate of drug-likeness (QED) is 0.908. The third kappa shape index (κ3) is 3.99. The van der Waals surface area contributed by atoms with Crippen LogP contribution in [0.5, 0.6) is 5.75 Å². The number of likely N-dealkylation sites (tertiary alicyclic amines) is 1. The molecule has 0 bridgehead atoms. The largest absolute Gasteiger partial charge is 0.488 e. The number of ether oxygens (including phenoxy) is 1. The summed E-state index contributed by atoms with van der Waals surface area (Å²) in [5.74, 6) is 0.585. The topological polar surface area (TPSA) is 55.6 Å². The average Bonchev–Trinajstić information content (AvgIpc) is 3.02. The lowest BCUT2D eigenvalue weighted by molar-refractivity contribution is 0.0738. The van der Waals surface area contributed by atoms with Crippen LogP contribution in [0.4, 0.5) is 4.39 Å². The summed E-state index contributed by atoms with van der Waals surface area (Å²) < 4.78 is 18.8. The van der Waals surface area contributed by atoms with Crippen LogP contribution in [-0.2, 0) is 6.61 Å². The summed E-state index contributed by atoms with van der Waals surface area (Å²) in [6, 6.07) is 13.6. The van der Waals surface area contributed by atoms with E-state index < -0.39 is 0 Å². The fourth-order valence-electron chi connectivity index (χ4n) is 3.26. The van der Waals surface area contributed by atoms with Crippen molar-refractivity contribution in [2.24, 2.45) is 11.7 Å². The van der Waals surface area contributed by atoms with Crippen molar-refractivity contribution in [2.75, 3.05) is 13.1 Å². The Morgan fingerprint density at radius 3 is 2.64 bits per heavy atom. The summed E-state index contributed by atoms with van der Waals surface area (Å²) in [4.78, 5) is 14.8. The standard InChI is InChI=1S/C20H23FN2O2/c1-14-10-16(11-22)12-23(14)20(24)18-4-2-3-5-19(18)25-13-15-6-8-17(21)9-7-15/h2-9,14,16H,10-13,22H2,1H3. The van der Waals surface area contributed by atoms with E-state index in [-0.39, 0.29) is 24.4 Å². The number of carbonyl (C=O) groups excluding carboxylic acids is 1. The van der Waals surface area contributed by atoms with Gasteiger partial charge in [-0.05, 0) is 55.6 Å². The minimum absolute atomic E-state index is 0.0295. The first-order chi connectivity index (χ1) is 12.1. The Bertz CT molecular complexity index is 733. The van der Waals surface area contributed by atoms with Crippen LogP contribution in [0.3, 0.4) is 0 Å². The maximum absolute atomic E-state index is 13.0. The molecule has 2 aromatic carbocycles. The summed E-state index contributed by atoms with van der Waals surface area (Å²) in [5.41, 5.74) is 7.16. The lowest BCUT2D eigenvalue weighted by Crippen LogP contribution is -2.34. The van der Waals surface area contributed by atoms with Crippen LogP contribution in [0.1, 0.15) is 29.3 Å². The van der Waals surface area contributed by atoms with E-state index in [4.69, 9.17) is 10.5 Å². The molecule has 1 amide bonds. The monoisotopic (exact) mass is 342 g/mol. The van der Waals surface area contributed by atoms with Crippen LogP contribution in [0.15, 0.2) is 48.5 Å². The highest BCUT2D eigenvalue weighted by molar-refractivity contribution is 5.97. The molecule has 132 valence electrons. The van der Waals surface area contributed by atoms with Gasteiger partial charge < -0.3 is 15.4 Å². The maximum atomic E-state index is 13.0. The zero-order valence-corrected chi connectivity index (χ0v) is 14.3. The van der Waals surface area contributed by atoms with Crippen LogP contribution in [0.25, 0.3) is 0 Å². The summed E-state index contributed by atoms with van der Waals surface area (Å²) in [7, 11) is 0. The Labute approximate surface area is 147 Å². The average molecular weight is 342 g/mol. The summed E-state index contributed by atoms with van der Waals surface area (Å²) in [6.07, 6.45) is 0.931. The minimum atomic E-state index is -0.281. The van der Waals surface area contributed by atoms with E-state index in [1.807, 2.05) is 17.0 Å². The van der Waals surface area contributed by atoms with Crippen molar-refractivity contribution in [2.45, 2.75) is 26.0 Å². The molecule has 0 radical (unpaired) electrons. The molecular weight excluding hydrogens is 319 g/mol. The van der Waals surface area contributed by atoms with Crippen molar-refractivity contribution < 1.29 is 13.9 Å². The molecule has 0 spiro atoms. The number of carbonyl (C=O) groups is 1. The molecule has 0 aromatic heterocycles. The van der Waals surface area contributed by atoms with Gasteiger partial charge in [-0.2, -0.15) is 0 Å². The highest BCUT2D eigenvalue weighted by atomic mass is 19.1. The Morgan fingerprint density at radius 1 is 1.24 bits per heavy atom. The summed E-state index contributed by atoms with van der Waals surface area (Å²) >= 11 is 0. The Hall–Kier alpha value is -2.40. The van der Waals surface area contributed by atoms with E-state index in [9.17, 15) is 9.18 Å². The predicted molar refractivity (Wildman–Crippen MR) is 94.8 cm³/mol. The van der Waals surface area contributed by atoms with Gasteiger partial charge in [0.05, 0.1) is 5.56 Å². The number of nitrogens with two attached hydrogens (primary N) is 1. The molecule has 3 rings (SSSR count). The second-order valence-corrected chi connectivity index (χ2v) is 6.56. The highest BCUT2D eigenvalue weighted by Crippen LogP contribution is 2.28. The number of nitrogens with zero attached hydrogens (tertiary/aromatic N) is 1. The number of halogens is 1. The van der Waals surface area contributed by atoms with Crippen molar-refractivity contribution in [1.82, 2.24) is 4.90 Å². The van der Waals surface area contributed by atoms with Gasteiger partial charge in [0, 0.05) is 12.6 Å². The van der Waals surface area contributed by atoms with Gasteiger partial charge >= 0.3 is 0 Å². The number of benzene rings is 2. The van der Waals surface area contributed by atoms with Crippen LogP contribution in [0, 0.1) is 11.7 Å². The molecule has 0 aliphatic carbocycles. The van der Waals surface area contributed by atoms with Crippen molar-refractivity contribution in [3.63, 3.8) is 0 Å². The fraction of sp³-hybridized carbons (Fsp3) is 0.350. The van der Waals surface area contributed by atoms with Gasteiger partial charge in [0.2, 0.25) is 0 Å². The van der Waals surface area contributed by atoms with Gasteiger partial charge in [0.15, 0.2) is 0 Å². The lowest BCUT2D eigenvalue weighted by atomic mass is 10.1. The molecule has 5 heteroatoms. The normalized spacial score (nSPS) is 19.9. The lowest BCUT2D eigenvalue weighted by Gasteiger charge is -2.23. The number of para-hydroxylation sites is 1. The first-order valence-corrected chi connectivity index (χ1v) is 8.55. The molecule has 0 saturated carbocycles. The second kappa shape index (κ2) is 7.66. The van der Waals surface area contributed by atoms with Gasteiger partial charge in [-0.1, -0.05) is 24.3 Å². The van der Waals surface area contributed by atoms with E-state index in [1.165, 1.54) is 12.1 Å². The highest BCUT2D eigenvalue weighted by Gasteiger charge is 2.33. The summed E-state index contributed by atoms with van der Waals surface area (Å²) in [6.45, 7) is 3.61. The van der Waals surface area contributed by atoms with Gasteiger partial charge in [0.25, 0.3) is 5.91 Å². The number of amides is 1. The van der Waals surface area contributed by atoms with Crippen LogP contribution < -0.4 is 10.5 Å². The molecule has 4 nitrogen and oxygen atoms in total. The molecule has 1 aliphatic heterocycles. The van der Waals surface area contributed by atoms with Crippen LogP contribution in [-0.4, -0.2) is 29.9 Å². The maximum Gasteiger partial charge on any atom is 0.257 e. The molecule has 2 aromatic rings. The molecule has 25 heavy (non-hydrogen) atoms. The SMILES string of the molecule is CC1CC(CN)CN1C(=O)c1ccccc1OCc1ccc(F)cc1. The number of rotatable bonds is 5. The summed E-state index contributed by atoms with van der Waals surface area (Å²) in [5, 5.41) is 0. The van der Waals surface area contributed by atoms with E-state index >= 15 is 0 Å². The molecule has 1 heterocycles. The van der Waals surface area contributed by atoms with E-state index in [0.717, 1.165) is 12.0 Å². The Morgan fingerprint density at radius 2 is 1.96 bits per heavy atom. The van der Waals surface area contributed by atoms with E-state index in [2.05, 4.69) is 6.92 Å². The minimum Gasteiger partial charge on any atom is -0.488 e. The third-order valence-corrected chi connectivity index (χ3v) is 4.68. The van der Waals surface area contributed by atoms with Gasteiger partial charge in [-0.25, -0.2) is 4.39 Å². The molecular formula is C20H23FN2O2. The Balaban J connectivity index is 1.74. The second-order valence-electron chi connectivity index (χ2n) is 6.56. The number of hydrogen-bond acceptors (Lipinski definition) is 3. The van der Waals surface area contributed by atoms with Crippen molar-refractivity contribution in [1.29, 1.82) is 0 Å². The third-order valence-electron chi connectivity index (χ3n) is 4.68. The first kappa shape index (κ1) is 17.4. The van der Waals surface area contributed by atoms with Crippen molar-refractivity contribution in [3.05, 3.63) is 65.5 Å². The Kier molecular flexibility index (Phi) is 5.34. The smallest absolute Gasteiger partial charge is 0.257 e. The molecule has 1 fully saturated rings. The van der Waals surface area contributed by atoms with Gasteiger partial charge in [-0.3, -0.25) is 4.79 Å². The van der Waals surface area contributed by atoms with Gasteiger partial charge in [-0.15, -0.1) is 0 Å². The molecule has 2 unspecified atom stereocenters.